The van der Waals surface area contributed by atoms with Crippen molar-refractivity contribution >= 4 is 40.9 Å². The van der Waals surface area contributed by atoms with Crippen LogP contribution in [-0.2, 0) is 20.8 Å². The third-order valence-electron chi connectivity index (χ3n) is 5.49. The number of carboxylic acids is 1. The molecular formula is C24H22FN3O6S. The Morgan fingerprint density at radius 1 is 1.20 bits per heavy atom. The molecule has 11 heteroatoms. The summed E-state index contributed by atoms with van der Waals surface area (Å²) < 4.78 is 20.2. The summed E-state index contributed by atoms with van der Waals surface area (Å²) in [5.41, 5.74) is 0.814. The highest BCUT2D eigenvalue weighted by atomic mass is 32.2. The molecule has 182 valence electrons. The number of halogens is 1. The normalized spacial score (nSPS) is 19.5. The first-order valence-corrected chi connectivity index (χ1v) is 11.7. The molecule has 2 aromatic rings. The minimum absolute atomic E-state index is 0.0974. The zero-order valence-electron chi connectivity index (χ0n) is 18.4. The van der Waals surface area contributed by atoms with Crippen LogP contribution in [0, 0.1) is 5.82 Å². The van der Waals surface area contributed by atoms with Gasteiger partial charge in [-0.15, -0.1) is 0 Å². The van der Waals surface area contributed by atoms with Gasteiger partial charge < -0.3 is 20.5 Å². The van der Waals surface area contributed by atoms with Gasteiger partial charge >= 0.3 is 5.97 Å². The lowest BCUT2D eigenvalue weighted by Gasteiger charge is -2.18. The van der Waals surface area contributed by atoms with Gasteiger partial charge in [0.25, 0.3) is 11.1 Å². The summed E-state index contributed by atoms with van der Waals surface area (Å²) in [6.45, 7) is 0.735. The van der Waals surface area contributed by atoms with E-state index >= 15 is 0 Å². The molecule has 2 saturated heterocycles. The molecule has 2 atom stereocenters. The summed E-state index contributed by atoms with van der Waals surface area (Å²) in [5, 5.41) is 16.7. The molecule has 2 aliphatic heterocycles. The minimum atomic E-state index is -1.12. The van der Waals surface area contributed by atoms with Crippen molar-refractivity contribution in [3.63, 3.8) is 0 Å². The lowest BCUT2D eigenvalue weighted by molar-refractivity contribution is -0.142. The zero-order valence-corrected chi connectivity index (χ0v) is 19.2. The Bertz CT molecular complexity index is 1190. The average Bonchev–Trinajstić information content (AvgIpc) is 3.46. The fraction of sp³-hybridized carbons (Fsp3) is 0.250. The molecule has 0 spiro atoms. The fourth-order valence-electron chi connectivity index (χ4n) is 3.70. The van der Waals surface area contributed by atoms with E-state index in [1.807, 2.05) is 0 Å². The Morgan fingerprint density at radius 2 is 1.94 bits per heavy atom. The molecule has 0 aliphatic carbocycles. The first-order chi connectivity index (χ1) is 16.8. The molecule has 2 unspecified atom stereocenters. The number of nitrogens with one attached hydrogen (secondary N) is 3. The number of thioether (sulfide) groups is 1. The zero-order chi connectivity index (χ0) is 24.9. The number of amides is 3. The van der Waals surface area contributed by atoms with E-state index in [1.54, 1.807) is 24.3 Å². The van der Waals surface area contributed by atoms with Crippen LogP contribution in [0.3, 0.4) is 0 Å². The van der Waals surface area contributed by atoms with E-state index in [0.717, 1.165) is 19.0 Å². The van der Waals surface area contributed by atoms with Gasteiger partial charge in [0.1, 0.15) is 23.4 Å². The Kier molecular flexibility index (Phi) is 7.47. The van der Waals surface area contributed by atoms with Gasteiger partial charge in [-0.25, -0.2) is 9.18 Å². The molecule has 0 saturated carbocycles. The maximum atomic E-state index is 14.5. The van der Waals surface area contributed by atoms with Gasteiger partial charge in [0.15, 0.2) is 0 Å². The van der Waals surface area contributed by atoms with Crippen molar-refractivity contribution in [3.05, 3.63) is 64.3 Å². The van der Waals surface area contributed by atoms with E-state index in [9.17, 15) is 28.7 Å². The van der Waals surface area contributed by atoms with Crippen LogP contribution in [0.2, 0.25) is 0 Å². The molecular weight excluding hydrogens is 477 g/mol. The quantitative estimate of drug-likeness (QED) is 0.408. The Balaban J connectivity index is 1.38. The number of hydrogen-bond acceptors (Lipinski definition) is 7. The summed E-state index contributed by atoms with van der Waals surface area (Å²) in [4.78, 5) is 46.9. The lowest BCUT2D eigenvalue weighted by Crippen LogP contribution is -2.49. The average molecular weight is 500 g/mol. The van der Waals surface area contributed by atoms with Crippen molar-refractivity contribution in [1.29, 1.82) is 0 Å². The van der Waals surface area contributed by atoms with Crippen molar-refractivity contribution in [2.24, 2.45) is 0 Å². The first kappa shape index (κ1) is 24.4. The summed E-state index contributed by atoms with van der Waals surface area (Å²) in [5.74, 6) is -2.02. The molecule has 3 amide bonds. The summed E-state index contributed by atoms with van der Waals surface area (Å²) in [7, 11) is 0. The van der Waals surface area contributed by atoms with Crippen LogP contribution in [0.25, 0.3) is 6.08 Å². The second-order valence-corrected chi connectivity index (χ2v) is 9.05. The van der Waals surface area contributed by atoms with Crippen molar-refractivity contribution in [2.45, 2.75) is 31.3 Å². The maximum Gasteiger partial charge on any atom is 0.326 e. The van der Waals surface area contributed by atoms with Crippen molar-refractivity contribution in [3.8, 4) is 11.5 Å². The molecule has 2 aromatic carbocycles. The van der Waals surface area contributed by atoms with Crippen LogP contribution < -0.4 is 20.7 Å². The van der Waals surface area contributed by atoms with Gasteiger partial charge in [0, 0.05) is 18.1 Å². The standard InChI is InChI=1S/C24H22FN3O6S/c25-17-12-16(8-5-14(17)11-20-22(30)28-24(33)35-20)34-15-6-3-13(4-7-15)10-19(23(31)32)27-21(29)18-2-1-9-26-18/h3-8,11-12,18-19,26H,1-2,9-10H2,(H,27,29)(H,31,32)(H,28,30,33)/b20-11+. The van der Waals surface area contributed by atoms with Crippen LogP contribution in [0.1, 0.15) is 24.0 Å². The van der Waals surface area contributed by atoms with Crippen LogP contribution in [0.15, 0.2) is 47.4 Å². The van der Waals surface area contributed by atoms with Crippen molar-refractivity contribution in [2.75, 3.05) is 6.54 Å². The first-order valence-electron chi connectivity index (χ1n) is 10.9. The molecule has 0 bridgehead atoms. The summed E-state index contributed by atoms with van der Waals surface area (Å²) in [6, 6.07) is 9.27. The predicted octanol–water partition coefficient (Wildman–Crippen LogP) is 2.81. The number of carbonyl (C=O) groups excluding carboxylic acids is 3. The van der Waals surface area contributed by atoms with Crippen LogP contribution in [0.5, 0.6) is 11.5 Å². The van der Waals surface area contributed by atoms with Gasteiger partial charge in [-0.05, 0) is 67.1 Å². The van der Waals surface area contributed by atoms with E-state index in [-0.39, 0.29) is 34.6 Å². The molecule has 4 N–H and O–H groups in total. The Hall–Kier alpha value is -3.70. The van der Waals surface area contributed by atoms with Gasteiger partial charge in [-0.2, -0.15) is 0 Å². The number of hydrogen-bond donors (Lipinski definition) is 4. The van der Waals surface area contributed by atoms with Crippen LogP contribution in [0.4, 0.5) is 9.18 Å². The Morgan fingerprint density at radius 3 is 2.54 bits per heavy atom. The van der Waals surface area contributed by atoms with Gasteiger partial charge in [0.05, 0.1) is 10.9 Å². The van der Waals surface area contributed by atoms with Gasteiger partial charge in [-0.1, -0.05) is 12.1 Å². The van der Waals surface area contributed by atoms with E-state index in [1.165, 1.54) is 18.2 Å². The molecule has 0 radical (unpaired) electrons. The predicted molar refractivity (Wildman–Crippen MR) is 126 cm³/mol. The van der Waals surface area contributed by atoms with Crippen LogP contribution >= 0.6 is 11.8 Å². The highest BCUT2D eigenvalue weighted by Crippen LogP contribution is 2.29. The summed E-state index contributed by atoms with van der Waals surface area (Å²) >= 11 is 0.701. The number of ether oxygens (including phenoxy) is 1. The lowest BCUT2D eigenvalue weighted by atomic mass is 10.1. The van der Waals surface area contributed by atoms with E-state index in [2.05, 4.69) is 16.0 Å². The molecule has 35 heavy (non-hydrogen) atoms. The van der Waals surface area contributed by atoms with Gasteiger partial charge in [0.2, 0.25) is 5.91 Å². The topological polar surface area (TPSA) is 134 Å². The minimum Gasteiger partial charge on any atom is -0.480 e. The molecule has 0 aromatic heterocycles. The second kappa shape index (κ2) is 10.7. The fourth-order valence-corrected chi connectivity index (χ4v) is 4.37. The van der Waals surface area contributed by atoms with Crippen LogP contribution in [-0.4, -0.2) is 46.8 Å². The highest BCUT2D eigenvalue weighted by molar-refractivity contribution is 8.18. The van der Waals surface area contributed by atoms with E-state index < -0.39 is 29.0 Å². The molecule has 4 rings (SSSR count). The number of aliphatic carboxylic acids is 1. The maximum absolute atomic E-state index is 14.5. The van der Waals surface area contributed by atoms with Gasteiger partial charge in [-0.3, -0.25) is 19.7 Å². The van der Waals surface area contributed by atoms with Crippen molar-refractivity contribution in [1.82, 2.24) is 16.0 Å². The highest BCUT2D eigenvalue weighted by Gasteiger charge is 2.27. The largest absolute Gasteiger partial charge is 0.480 e. The Labute approximate surface area is 204 Å². The smallest absolute Gasteiger partial charge is 0.326 e. The number of benzene rings is 2. The molecule has 2 heterocycles. The summed E-state index contributed by atoms with van der Waals surface area (Å²) in [6.07, 6.45) is 2.94. The monoisotopic (exact) mass is 499 g/mol. The number of rotatable bonds is 8. The molecule has 9 nitrogen and oxygen atoms in total. The second-order valence-electron chi connectivity index (χ2n) is 8.03. The molecule has 2 aliphatic rings. The van der Waals surface area contributed by atoms with E-state index in [0.29, 0.717) is 29.5 Å². The number of imide groups is 1. The van der Waals surface area contributed by atoms with E-state index in [4.69, 9.17) is 4.74 Å². The molecule has 2 fully saturated rings. The third kappa shape index (κ3) is 6.25. The van der Waals surface area contributed by atoms with Crippen molar-refractivity contribution < 1.29 is 33.4 Å². The third-order valence-corrected chi connectivity index (χ3v) is 6.30. The number of carbonyl (C=O) groups is 4. The SMILES string of the molecule is O=C1NC(=O)/C(=C\c2ccc(Oc3ccc(CC(NC(=O)C4CCCN4)C(=O)O)cc3)cc2F)S1. The number of carboxylic acid groups (broad SMARTS) is 1.